The van der Waals surface area contributed by atoms with Crippen molar-refractivity contribution >= 4 is 28.9 Å². The Kier molecular flexibility index (Phi) is 5.71. The summed E-state index contributed by atoms with van der Waals surface area (Å²) in [6, 6.07) is 6.67. The molecule has 2 aliphatic rings. The van der Waals surface area contributed by atoms with Crippen LogP contribution in [0.4, 0.5) is 15.8 Å². The summed E-state index contributed by atoms with van der Waals surface area (Å²) in [4.78, 5) is 20.4. The predicted molar refractivity (Wildman–Crippen MR) is 121 cm³/mol. The molecule has 2 aliphatic heterocycles. The molecule has 9 heteroatoms. The topological polar surface area (TPSA) is 91.1 Å². The Morgan fingerprint density at radius 3 is 3.03 bits per heavy atom. The normalized spacial score (nSPS) is 17.7. The number of nitrogens with one attached hydrogen (secondary N) is 4. The van der Waals surface area contributed by atoms with Gasteiger partial charge >= 0.3 is 0 Å². The molecular formula is C23H23ClFN5O2. The number of amides is 1. The number of carbonyl (C=O) groups is 1. The minimum absolute atomic E-state index is 0.0388. The Balaban J connectivity index is 1.57. The van der Waals surface area contributed by atoms with Gasteiger partial charge in [-0.15, -0.1) is 0 Å². The van der Waals surface area contributed by atoms with E-state index in [1.54, 1.807) is 24.5 Å². The zero-order chi connectivity index (χ0) is 22.1. The van der Waals surface area contributed by atoms with Gasteiger partial charge in [0, 0.05) is 36.5 Å². The lowest BCUT2D eigenvalue weighted by molar-refractivity contribution is 0.0947. The lowest BCUT2D eigenvalue weighted by Crippen LogP contribution is -2.31. The van der Waals surface area contributed by atoms with Gasteiger partial charge in [0.25, 0.3) is 5.91 Å². The second-order valence-electron chi connectivity index (χ2n) is 7.94. The van der Waals surface area contributed by atoms with E-state index in [2.05, 4.69) is 25.9 Å². The van der Waals surface area contributed by atoms with Crippen molar-refractivity contribution in [3.63, 3.8) is 0 Å². The quantitative estimate of drug-likeness (QED) is 0.450. The van der Waals surface area contributed by atoms with E-state index in [9.17, 15) is 9.18 Å². The molecule has 0 unspecified atom stereocenters. The van der Waals surface area contributed by atoms with Gasteiger partial charge < -0.3 is 25.7 Å². The molecule has 1 aromatic carbocycles. The van der Waals surface area contributed by atoms with Crippen LogP contribution in [0, 0.1) is 5.82 Å². The summed E-state index contributed by atoms with van der Waals surface area (Å²) >= 11 is 6.19. The van der Waals surface area contributed by atoms with Gasteiger partial charge in [0.1, 0.15) is 18.2 Å². The number of halogens is 2. The lowest BCUT2D eigenvalue weighted by atomic mass is 10.0. The molecule has 1 atom stereocenters. The number of ether oxygens (including phenoxy) is 1. The first-order chi connectivity index (χ1) is 15.6. The maximum absolute atomic E-state index is 14.1. The van der Waals surface area contributed by atoms with Gasteiger partial charge in [0.05, 0.1) is 33.9 Å². The SMILES string of the molecule is O=C1NCCc2[nH]c(-c3ccncc3OC[C@@H]3CCCN3)c(Nc3cccc(F)c3Cl)c21. The van der Waals surface area contributed by atoms with Gasteiger partial charge in [0.2, 0.25) is 0 Å². The molecule has 4 heterocycles. The van der Waals surface area contributed by atoms with Crippen molar-refractivity contribution in [3.8, 4) is 17.0 Å². The molecule has 0 bridgehead atoms. The largest absolute Gasteiger partial charge is 0.490 e. The van der Waals surface area contributed by atoms with E-state index in [1.807, 2.05) is 6.07 Å². The van der Waals surface area contributed by atoms with Crippen LogP contribution in [0.2, 0.25) is 5.02 Å². The number of hydrogen-bond acceptors (Lipinski definition) is 5. The molecule has 32 heavy (non-hydrogen) atoms. The number of nitrogens with zero attached hydrogens (tertiary/aromatic N) is 1. The summed E-state index contributed by atoms with van der Waals surface area (Å²) in [7, 11) is 0. The second kappa shape index (κ2) is 8.80. The minimum Gasteiger partial charge on any atom is -0.490 e. The van der Waals surface area contributed by atoms with Crippen LogP contribution < -0.4 is 20.7 Å². The molecule has 0 radical (unpaired) electrons. The highest BCUT2D eigenvalue weighted by Crippen LogP contribution is 2.41. The van der Waals surface area contributed by atoms with Crippen molar-refractivity contribution in [2.75, 3.05) is 25.0 Å². The number of H-pyrrole nitrogens is 1. The van der Waals surface area contributed by atoms with Gasteiger partial charge in [-0.2, -0.15) is 0 Å². The van der Waals surface area contributed by atoms with Crippen LogP contribution in [0.15, 0.2) is 36.7 Å². The maximum Gasteiger partial charge on any atom is 0.255 e. The van der Waals surface area contributed by atoms with Crippen LogP contribution in [-0.4, -0.2) is 41.6 Å². The first-order valence-electron chi connectivity index (χ1n) is 10.7. The molecular weight excluding hydrogens is 433 g/mol. The van der Waals surface area contributed by atoms with E-state index in [1.165, 1.54) is 6.07 Å². The number of aromatic amines is 1. The van der Waals surface area contributed by atoms with Gasteiger partial charge in [-0.1, -0.05) is 17.7 Å². The Hall–Kier alpha value is -3.10. The number of hydrogen-bond donors (Lipinski definition) is 4. The number of anilines is 2. The van der Waals surface area contributed by atoms with Gasteiger partial charge in [-0.05, 0) is 37.6 Å². The van der Waals surface area contributed by atoms with Gasteiger partial charge in [-0.3, -0.25) is 9.78 Å². The highest BCUT2D eigenvalue weighted by atomic mass is 35.5. The number of benzene rings is 1. The van der Waals surface area contributed by atoms with Crippen LogP contribution in [0.3, 0.4) is 0 Å². The van der Waals surface area contributed by atoms with E-state index in [0.29, 0.717) is 54.0 Å². The molecule has 2 aromatic heterocycles. The standard InChI is InChI=1S/C23H23ClFN5O2/c24-20-15(25)4-1-5-17(20)30-22-19-16(7-10-28-23(19)31)29-21(22)14-6-9-26-11-18(14)32-12-13-3-2-8-27-13/h1,4-6,9,11,13,27,29-30H,2-3,7-8,10,12H2,(H,28,31)/t13-/m0/s1. The summed E-state index contributed by atoms with van der Waals surface area (Å²) in [6.45, 7) is 2.06. The fourth-order valence-corrected chi connectivity index (χ4v) is 4.41. The zero-order valence-electron chi connectivity index (χ0n) is 17.3. The molecule has 3 aromatic rings. The van der Waals surface area contributed by atoms with Crippen LogP contribution in [0.25, 0.3) is 11.3 Å². The summed E-state index contributed by atoms with van der Waals surface area (Å²) in [5, 5.41) is 9.44. The molecule has 7 nitrogen and oxygen atoms in total. The summed E-state index contributed by atoms with van der Waals surface area (Å²) < 4.78 is 20.2. The van der Waals surface area contributed by atoms with Gasteiger partial charge in [-0.25, -0.2) is 4.39 Å². The van der Waals surface area contributed by atoms with E-state index < -0.39 is 5.82 Å². The van der Waals surface area contributed by atoms with Crippen LogP contribution in [-0.2, 0) is 6.42 Å². The van der Waals surface area contributed by atoms with E-state index in [0.717, 1.165) is 30.6 Å². The molecule has 1 fully saturated rings. The summed E-state index contributed by atoms with van der Waals surface area (Å²) in [5.41, 5.74) is 3.63. The number of carbonyl (C=O) groups excluding carboxylic acids is 1. The molecule has 0 saturated carbocycles. The molecule has 5 rings (SSSR count). The first kappa shape index (κ1) is 20.8. The van der Waals surface area contributed by atoms with Crippen molar-refractivity contribution in [1.29, 1.82) is 0 Å². The highest BCUT2D eigenvalue weighted by molar-refractivity contribution is 6.33. The molecule has 4 N–H and O–H groups in total. The van der Waals surface area contributed by atoms with Crippen LogP contribution >= 0.6 is 11.6 Å². The maximum atomic E-state index is 14.1. The minimum atomic E-state index is -0.538. The fourth-order valence-electron chi connectivity index (χ4n) is 4.23. The van der Waals surface area contributed by atoms with Crippen LogP contribution in [0.5, 0.6) is 5.75 Å². The Labute approximate surface area is 189 Å². The van der Waals surface area contributed by atoms with Crippen LogP contribution in [0.1, 0.15) is 28.9 Å². The fraction of sp³-hybridized carbons (Fsp3) is 0.304. The number of aromatic nitrogens is 2. The zero-order valence-corrected chi connectivity index (χ0v) is 18.1. The van der Waals surface area contributed by atoms with Crippen molar-refractivity contribution in [2.45, 2.75) is 25.3 Å². The van der Waals surface area contributed by atoms with E-state index >= 15 is 0 Å². The Morgan fingerprint density at radius 2 is 2.19 bits per heavy atom. The first-order valence-corrected chi connectivity index (χ1v) is 11.0. The number of pyridine rings is 1. The third kappa shape index (κ3) is 3.91. The molecule has 0 aliphatic carbocycles. The number of fused-ring (bicyclic) bond motifs is 1. The van der Waals surface area contributed by atoms with E-state index in [-0.39, 0.29) is 10.9 Å². The summed E-state index contributed by atoms with van der Waals surface area (Å²) in [5.74, 6) is -0.131. The van der Waals surface area contributed by atoms with Gasteiger partial charge in [0.15, 0.2) is 0 Å². The van der Waals surface area contributed by atoms with Crippen molar-refractivity contribution in [2.24, 2.45) is 0 Å². The molecule has 1 amide bonds. The highest BCUT2D eigenvalue weighted by Gasteiger charge is 2.29. The average molecular weight is 456 g/mol. The van der Waals surface area contributed by atoms with E-state index in [4.69, 9.17) is 16.3 Å². The monoisotopic (exact) mass is 455 g/mol. The Morgan fingerprint density at radius 1 is 1.28 bits per heavy atom. The lowest BCUT2D eigenvalue weighted by Gasteiger charge is -2.17. The smallest absolute Gasteiger partial charge is 0.255 e. The Bertz CT molecular complexity index is 1160. The molecule has 0 spiro atoms. The third-order valence-electron chi connectivity index (χ3n) is 5.83. The predicted octanol–water partition coefficient (Wildman–Crippen LogP) is 4.03. The van der Waals surface area contributed by atoms with Crippen molar-refractivity contribution in [1.82, 2.24) is 20.6 Å². The second-order valence-corrected chi connectivity index (χ2v) is 8.31. The molecule has 1 saturated heterocycles. The average Bonchev–Trinajstić information content (AvgIpc) is 3.44. The van der Waals surface area contributed by atoms with Crippen molar-refractivity contribution < 1.29 is 13.9 Å². The number of rotatable bonds is 6. The molecule has 166 valence electrons. The summed E-state index contributed by atoms with van der Waals surface area (Å²) in [6.07, 6.45) is 6.20. The third-order valence-corrected chi connectivity index (χ3v) is 6.22. The van der Waals surface area contributed by atoms with Crippen molar-refractivity contribution in [3.05, 3.63) is 58.8 Å².